The van der Waals surface area contributed by atoms with Crippen LogP contribution < -0.4 is 14.9 Å². The summed E-state index contributed by atoms with van der Waals surface area (Å²) in [6.07, 6.45) is 1.04. The van der Waals surface area contributed by atoms with Crippen LogP contribution in [-0.2, 0) is 14.8 Å². The van der Waals surface area contributed by atoms with Crippen molar-refractivity contribution >= 4 is 49.1 Å². The number of hydrogen-bond acceptors (Lipinski definition) is 4. The summed E-state index contributed by atoms with van der Waals surface area (Å²) in [5, 5.41) is 5.59. The smallest absolute Gasteiger partial charge is 0.253 e. The van der Waals surface area contributed by atoms with Crippen molar-refractivity contribution in [3.63, 3.8) is 0 Å². The third-order valence-corrected chi connectivity index (χ3v) is 6.56. The first-order chi connectivity index (χ1) is 15.6. The molecule has 0 spiro atoms. The van der Waals surface area contributed by atoms with Crippen LogP contribution in [0, 0.1) is 0 Å². The van der Waals surface area contributed by atoms with E-state index in [1.54, 1.807) is 48.5 Å². The molecule has 0 saturated heterocycles. The van der Waals surface area contributed by atoms with Crippen molar-refractivity contribution in [2.24, 2.45) is 0 Å². The Hall–Kier alpha value is -3.17. The number of carbonyl (C=O) groups excluding carboxylic acids is 2. The maximum atomic E-state index is 12.9. The third-order valence-electron chi connectivity index (χ3n) is 4.90. The van der Waals surface area contributed by atoms with E-state index in [0.29, 0.717) is 11.4 Å². The van der Waals surface area contributed by atoms with Crippen LogP contribution in [0.1, 0.15) is 28.9 Å². The van der Waals surface area contributed by atoms with Gasteiger partial charge in [-0.05, 0) is 48.9 Å². The second-order valence-corrected chi connectivity index (χ2v) is 10.3. The first kappa shape index (κ1) is 24.5. The molecule has 33 heavy (non-hydrogen) atoms. The maximum absolute atomic E-state index is 12.9. The maximum Gasteiger partial charge on any atom is 0.253 e. The van der Waals surface area contributed by atoms with Crippen LogP contribution in [0.15, 0.2) is 83.3 Å². The largest absolute Gasteiger partial charge is 0.345 e. The van der Waals surface area contributed by atoms with Crippen LogP contribution in [0.25, 0.3) is 0 Å². The van der Waals surface area contributed by atoms with Gasteiger partial charge in [-0.2, -0.15) is 0 Å². The van der Waals surface area contributed by atoms with Crippen molar-refractivity contribution in [2.75, 3.05) is 22.4 Å². The number of sulfonamides is 1. The van der Waals surface area contributed by atoms with Crippen LogP contribution >= 0.6 is 15.9 Å². The predicted molar refractivity (Wildman–Crippen MR) is 134 cm³/mol. The Bertz CT molecular complexity index is 1230. The molecule has 0 fully saturated rings. The van der Waals surface area contributed by atoms with E-state index in [1.165, 1.54) is 0 Å². The van der Waals surface area contributed by atoms with Crippen molar-refractivity contribution in [3.05, 3.63) is 94.5 Å². The summed E-state index contributed by atoms with van der Waals surface area (Å²) >= 11 is 3.31. The highest BCUT2D eigenvalue weighted by Gasteiger charge is 2.22. The van der Waals surface area contributed by atoms with Gasteiger partial charge in [-0.15, -0.1) is 0 Å². The SMILES string of the molecule is C[C@@H](NC(=O)c1ccccc1NC(=O)CN(c1ccc(Br)cc1)S(C)(=O)=O)c1ccccc1. The summed E-state index contributed by atoms with van der Waals surface area (Å²) < 4.78 is 26.4. The number of para-hydroxylation sites is 1. The lowest BCUT2D eigenvalue weighted by atomic mass is 10.1. The van der Waals surface area contributed by atoms with Gasteiger partial charge >= 0.3 is 0 Å². The molecule has 0 aromatic heterocycles. The highest BCUT2D eigenvalue weighted by Crippen LogP contribution is 2.22. The topological polar surface area (TPSA) is 95.6 Å². The van der Waals surface area contributed by atoms with Crippen molar-refractivity contribution in [1.29, 1.82) is 0 Å². The lowest BCUT2D eigenvalue weighted by molar-refractivity contribution is -0.114. The van der Waals surface area contributed by atoms with Crippen molar-refractivity contribution in [3.8, 4) is 0 Å². The average Bonchev–Trinajstić information content (AvgIpc) is 2.78. The molecule has 0 aliphatic rings. The van der Waals surface area contributed by atoms with Gasteiger partial charge in [0.15, 0.2) is 0 Å². The summed E-state index contributed by atoms with van der Waals surface area (Å²) in [4.78, 5) is 25.7. The van der Waals surface area contributed by atoms with Crippen LogP contribution in [0.4, 0.5) is 11.4 Å². The Morgan fingerprint density at radius 3 is 2.18 bits per heavy atom. The molecule has 172 valence electrons. The van der Waals surface area contributed by atoms with Gasteiger partial charge < -0.3 is 10.6 Å². The summed E-state index contributed by atoms with van der Waals surface area (Å²) in [6, 6.07) is 22.5. The zero-order valence-corrected chi connectivity index (χ0v) is 20.6. The lowest BCUT2D eigenvalue weighted by Crippen LogP contribution is -2.37. The number of rotatable bonds is 8. The summed E-state index contributed by atoms with van der Waals surface area (Å²) in [6.45, 7) is 1.44. The van der Waals surface area contributed by atoms with Crippen molar-refractivity contribution in [2.45, 2.75) is 13.0 Å². The van der Waals surface area contributed by atoms with E-state index in [2.05, 4.69) is 26.6 Å². The van der Waals surface area contributed by atoms with E-state index in [-0.39, 0.29) is 17.5 Å². The number of anilines is 2. The average molecular weight is 530 g/mol. The van der Waals surface area contributed by atoms with E-state index >= 15 is 0 Å². The normalized spacial score (nSPS) is 12.0. The van der Waals surface area contributed by atoms with Gasteiger partial charge in [-0.1, -0.05) is 58.4 Å². The first-order valence-electron chi connectivity index (χ1n) is 10.1. The van der Waals surface area contributed by atoms with E-state index in [0.717, 1.165) is 20.6 Å². The molecule has 0 unspecified atom stereocenters. The summed E-state index contributed by atoms with van der Waals surface area (Å²) in [5.41, 5.74) is 1.89. The van der Waals surface area contributed by atoms with Crippen LogP contribution in [-0.4, -0.2) is 33.0 Å². The summed E-state index contributed by atoms with van der Waals surface area (Å²) in [5.74, 6) is -0.921. The van der Waals surface area contributed by atoms with Crippen molar-refractivity contribution < 1.29 is 18.0 Å². The van der Waals surface area contributed by atoms with Crippen molar-refractivity contribution in [1.82, 2.24) is 5.32 Å². The quantitative estimate of drug-likeness (QED) is 0.453. The molecule has 0 radical (unpaired) electrons. The molecule has 9 heteroatoms. The van der Waals surface area contributed by atoms with Gasteiger partial charge in [0.05, 0.1) is 29.2 Å². The highest BCUT2D eigenvalue weighted by molar-refractivity contribution is 9.10. The van der Waals surface area contributed by atoms with Gasteiger partial charge in [0, 0.05) is 4.47 Å². The molecule has 0 saturated carbocycles. The minimum Gasteiger partial charge on any atom is -0.345 e. The molecule has 0 heterocycles. The van der Waals surface area contributed by atoms with Crippen LogP contribution in [0.5, 0.6) is 0 Å². The molecule has 1 atom stereocenters. The molecule has 3 aromatic carbocycles. The van der Waals surface area contributed by atoms with E-state index in [1.807, 2.05) is 37.3 Å². The fraction of sp³-hybridized carbons (Fsp3) is 0.167. The van der Waals surface area contributed by atoms with Gasteiger partial charge in [0.25, 0.3) is 5.91 Å². The molecule has 3 aromatic rings. The molecular weight excluding hydrogens is 506 g/mol. The van der Waals surface area contributed by atoms with Gasteiger partial charge in [0.2, 0.25) is 15.9 Å². The minimum atomic E-state index is -3.71. The standard InChI is InChI=1S/C24H24BrN3O4S/c1-17(18-8-4-3-5-9-18)26-24(30)21-10-6-7-11-22(21)27-23(29)16-28(33(2,31)32)20-14-12-19(25)13-15-20/h3-15,17H,16H2,1-2H3,(H,26,30)(H,27,29)/t17-/m1/s1. The minimum absolute atomic E-state index is 0.236. The number of nitrogens with zero attached hydrogens (tertiary/aromatic N) is 1. The first-order valence-corrected chi connectivity index (χ1v) is 12.8. The molecule has 0 aliphatic carbocycles. The molecule has 3 rings (SSSR count). The second-order valence-electron chi connectivity index (χ2n) is 7.45. The van der Waals surface area contributed by atoms with Gasteiger partial charge in [-0.25, -0.2) is 8.42 Å². The monoisotopic (exact) mass is 529 g/mol. The number of amides is 2. The number of benzene rings is 3. The molecule has 0 aliphatic heterocycles. The molecule has 7 nitrogen and oxygen atoms in total. The Kier molecular flexibility index (Phi) is 7.88. The van der Waals surface area contributed by atoms with E-state index in [4.69, 9.17) is 0 Å². The Balaban J connectivity index is 1.76. The summed E-state index contributed by atoms with van der Waals surface area (Å²) in [7, 11) is -3.71. The number of halogens is 1. The Labute approximate surface area is 202 Å². The van der Waals surface area contributed by atoms with Crippen LogP contribution in [0.2, 0.25) is 0 Å². The zero-order valence-electron chi connectivity index (χ0n) is 18.2. The lowest BCUT2D eigenvalue weighted by Gasteiger charge is -2.22. The molecular formula is C24H24BrN3O4S. The number of nitrogens with one attached hydrogen (secondary N) is 2. The number of carbonyl (C=O) groups is 2. The second kappa shape index (κ2) is 10.6. The van der Waals surface area contributed by atoms with E-state index in [9.17, 15) is 18.0 Å². The van der Waals surface area contributed by atoms with Crippen LogP contribution in [0.3, 0.4) is 0 Å². The highest BCUT2D eigenvalue weighted by atomic mass is 79.9. The number of hydrogen-bond donors (Lipinski definition) is 2. The third kappa shape index (κ3) is 6.66. The fourth-order valence-electron chi connectivity index (χ4n) is 3.22. The van der Waals surface area contributed by atoms with E-state index < -0.39 is 22.5 Å². The van der Waals surface area contributed by atoms with Gasteiger partial charge in [-0.3, -0.25) is 13.9 Å². The molecule has 2 N–H and O–H groups in total. The fourth-order valence-corrected chi connectivity index (χ4v) is 4.34. The van der Waals surface area contributed by atoms with Gasteiger partial charge in [0.1, 0.15) is 6.54 Å². The molecule has 2 amide bonds. The Morgan fingerprint density at radius 1 is 0.939 bits per heavy atom. The predicted octanol–water partition coefficient (Wildman–Crippen LogP) is 4.34. The molecule has 0 bridgehead atoms. The Morgan fingerprint density at radius 2 is 1.55 bits per heavy atom. The zero-order chi connectivity index (χ0) is 24.0.